The Labute approximate surface area is 152 Å². The van der Waals surface area contributed by atoms with Gasteiger partial charge in [-0.15, -0.1) is 0 Å². The highest BCUT2D eigenvalue weighted by atomic mass is 16.7. The number of nitrogens with zero attached hydrogens (tertiary/aromatic N) is 2. The highest BCUT2D eigenvalue weighted by Gasteiger charge is 2.22. The number of nitro benzene ring substituents is 1. The van der Waals surface area contributed by atoms with E-state index in [0.29, 0.717) is 11.4 Å². The van der Waals surface area contributed by atoms with E-state index < -0.39 is 16.7 Å². The number of carbonyl (C=O) groups excluding carboxylic acids is 2. The fourth-order valence-corrected chi connectivity index (χ4v) is 2.24. The monoisotopic (exact) mass is 370 g/mol. The Balaban J connectivity index is 1.66. The molecular weight excluding hydrogens is 356 g/mol. The molecule has 0 spiro atoms. The van der Waals surface area contributed by atoms with Gasteiger partial charge >= 0.3 is 11.8 Å². The summed E-state index contributed by atoms with van der Waals surface area (Å²) in [7, 11) is 0. The Hall–Kier alpha value is -3.95. The predicted molar refractivity (Wildman–Crippen MR) is 94.8 cm³/mol. The van der Waals surface area contributed by atoms with E-state index >= 15 is 0 Å². The summed E-state index contributed by atoms with van der Waals surface area (Å²) in [6, 6.07) is 9.44. The number of hydrogen-bond donors (Lipinski definition) is 2. The van der Waals surface area contributed by atoms with Gasteiger partial charge < -0.3 is 14.8 Å². The van der Waals surface area contributed by atoms with Crippen molar-refractivity contribution < 1.29 is 24.0 Å². The maximum atomic E-state index is 11.8. The first-order valence-electron chi connectivity index (χ1n) is 7.73. The number of hydrogen-bond acceptors (Lipinski definition) is 7. The molecule has 1 heterocycles. The van der Waals surface area contributed by atoms with Crippen molar-refractivity contribution in [3.05, 3.63) is 57.6 Å². The van der Waals surface area contributed by atoms with Crippen LogP contribution in [0.4, 0.5) is 11.4 Å². The van der Waals surface area contributed by atoms with Crippen LogP contribution in [-0.4, -0.2) is 29.7 Å². The van der Waals surface area contributed by atoms with E-state index in [4.69, 9.17) is 9.47 Å². The number of anilines is 1. The fourth-order valence-electron chi connectivity index (χ4n) is 2.24. The van der Waals surface area contributed by atoms with Crippen molar-refractivity contribution in [2.24, 2.45) is 5.10 Å². The van der Waals surface area contributed by atoms with Crippen LogP contribution in [-0.2, 0) is 9.59 Å². The Bertz CT molecular complexity index is 939. The molecule has 0 aromatic heterocycles. The molecule has 2 N–H and O–H groups in total. The van der Waals surface area contributed by atoms with Crippen LogP contribution >= 0.6 is 0 Å². The number of benzene rings is 2. The van der Waals surface area contributed by atoms with Gasteiger partial charge in [-0.1, -0.05) is 17.7 Å². The molecule has 0 atom stereocenters. The summed E-state index contributed by atoms with van der Waals surface area (Å²) in [5, 5.41) is 17.2. The van der Waals surface area contributed by atoms with Gasteiger partial charge in [0.25, 0.3) is 5.69 Å². The summed E-state index contributed by atoms with van der Waals surface area (Å²) in [4.78, 5) is 34.2. The molecule has 0 bridgehead atoms. The number of aryl methyl sites for hydroxylation is 1. The molecule has 2 aromatic carbocycles. The lowest BCUT2D eigenvalue weighted by atomic mass is 10.1. The van der Waals surface area contributed by atoms with Crippen molar-refractivity contribution in [1.29, 1.82) is 0 Å². The average Bonchev–Trinajstić information content (AvgIpc) is 3.10. The first-order chi connectivity index (χ1) is 12.9. The summed E-state index contributed by atoms with van der Waals surface area (Å²) < 4.78 is 10.2. The minimum atomic E-state index is -1.02. The summed E-state index contributed by atoms with van der Waals surface area (Å²) in [5.74, 6) is -1.36. The molecule has 0 unspecified atom stereocenters. The predicted octanol–water partition coefficient (Wildman–Crippen LogP) is 1.72. The molecule has 0 fully saturated rings. The number of nitrogens with one attached hydrogen (secondary N) is 2. The normalized spacial score (nSPS) is 12.0. The molecule has 138 valence electrons. The Kier molecular flexibility index (Phi) is 4.97. The van der Waals surface area contributed by atoms with Gasteiger partial charge in [-0.2, -0.15) is 5.10 Å². The van der Waals surface area contributed by atoms with Gasteiger partial charge in [-0.3, -0.25) is 19.7 Å². The van der Waals surface area contributed by atoms with Crippen LogP contribution in [0.25, 0.3) is 0 Å². The van der Waals surface area contributed by atoms with Crippen LogP contribution in [0.15, 0.2) is 41.5 Å². The maximum absolute atomic E-state index is 11.8. The number of hydrazone groups is 1. The summed E-state index contributed by atoms with van der Waals surface area (Å²) >= 11 is 0. The smallest absolute Gasteiger partial charge is 0.329 e. The first kappa shape index (κ1) is 17.9. The van der Waals surface area contributed by atoms with Crippen LogP contribution < -0.4 is 20.2 Å². The van der Waals surface area contributed by atoms with Gasteiger partial charge in [0.05, 0.1) is 22.8 Å². The number of nitro groups is 1. The van der Waals surface area contributed by atoms with Crippen LogP contribution in [0.2, 0.25) is 0 Å². The summed E-state index contributed by atoms with van der Waals surface area (Å²) in [6.45, 7) is 1.85. The summed E-state index contributed by atoms with van der Waals surface area (Å²) in [6.07, 6.45) is 1.05. The number of rotatable bonds is 4. The standard InChI is InChI=1S/C17H14N4O6/c1-10-2-4-12(5-3-10)19-16(22)17(23)20-18-8-11-6-14-15(27-9-26-14)7-13(11)21(24)25/h2-8H,9H2,1H3,(H,19,22)(H,20,23)/b18-8-. The quantitative estimate of drug-likeness (QED) is 0.364. The Morgan fingerprint density at radius 2 is 1.81 bits per heavy atom. The minimum absolute atomic E-state index is 0.0387. The summed E-state index contributed by atoms with van der Waals surface area (Å²) in [5.41, 5.74) is 3.29. The number of ether oxygens (including phenoxy) is 2. The lowest BCUT2D eigenvalue weighted by molar-refractivity contribution is -0.385. The zero-order valence-corrected chi connectivity index (χ0v) is 14.1. The third-order valence-electron chi connectivity index (χ3n) is 3.60. The zero-order valence-electron chi connectivity index (χ0n) is 14.1. The van der Waals surface area contributed by atoms with Crippen molar-refractivity contribution in [2.45, 2.75) is 6.92 Å². The molecule has 0 saturated heterocycles. The maximum Gasteiger partial charge on any atom is 0.329 e. The number of carbonyl (C=O) groups is 2. The van der Waals surface area contributed by atoms with Gasteiger partial charge in [0, 0.05) is 5.69 Å². The molecule has 1 aliphatic heterocycles. The van der Waals surface area contributed by atoms with Crippen LogP contribution in [0.1, 0.15) is 11.1 Å². The highest BCUT2D eigenvalue weighted by molar-refractivity contribution is 6.39. The molecule has 10 heteroatoms. The third kappa shape index (κ3) is 4.18. The van der Waals surface area contributed by atoms with E-state index in [1.165, 1.54) is 12.1 Å². The lowest BCUT2D eigenvalue weighted by Crippen LogP contribution is -2.32. The molecule has 0 radical (unpaired) electrons. The molecule has 1 aliphatic rings. The van der Waals surface area contributed by atoms with Gasteiger partial charge in [0.15, 0.2) is 11.5 Å². The molecule has 10 nitrogen and oxygen atoms in total. The van der Waals surface area contributed by atoms with Crippen molar-refractivity contribution in [3.8, 4) is 11.5 Å². The van der Waals surface area contributed by atoms with Crippen molar-refractivity contribution in [2.75, 3.05) is 12.1 Å². The van der Waals surface area contributed by atoms with Gasteiger partial charge in [-0.25, -0.2) is 5.43 Å². The molecule has 0 saturated carbocycles. The highest BCUT2D eigenvalue weighted by Crippen LogP contribution is 2.37. The molecular formula is C17H14N4O6. The average molecular weight is 370 g/mol. The van der Waals surface area contributed by atoms with Crippen molar-refractivity contribution in [3.63, 3.8) is 0 Å². The largest absolute Gasteiger partial charge is 0.454 e. The van der Waals surface area contributed by atoms with Crippen LogP contribution in [0.3, 0.4) is 0 Å². The first-order valence-corrected chi connectivity index (χ1v) is 7.73. The van der Waals surface area contributed by atoms with E-state index in [1.54, 1.807) is 24.3 Å². The molecule has 0 aliphatic carbocycles. The second-order valence-corrected chi connectivity index (χ2v) is 5.54. The van der Waals surface area contributed by atoms with Crippen LogP contribution in [0, 0.1) is 17.0 Å². The second kappa shape index (κ2) is 7.52. The van der Waals surface area contributed by atoms with E-state index in [2.05, 4.69) is 10.4 Å². The molecule has 27 heavy (non-hydrogen) atoms. The molecule has 2 amide bonds. The Morgan fingerprint density at radius 3 is 2.48 bits per heavy atom. The topological polar surface area (TPSA) is 132 Å². The molecule has 2 aromatic rings. The van der Waals surface area contributed by atoms with E-state index in [-0.39, 0.29) is 23.8 Å². The zero-order chi connectivity index (χ0) is 19.4. The lowest BCUT2D eigenvalue weighted by Gasteiger charge is -2.04. The van der Waals surface area contributed by atoms with E-state index in [0.717, 1.165) is 11.8 Å². The number of amides is 2. The van der Waals surface area contributed by atoms with Gasteiger partial charge in [0.1, 0.15) is 0 Å². The minimum Gasteiger partial charge on any atom is -0.454 e. The van der Waals surface area contributed by atoms with Crippen molar-refractivity contribution in [1.82, 2.24) is 5.43 Å². The third-order valence-corrected chi connectivity index (χ3v) is 3.60. The molecule has 3 rings (SSSR count). The fraction of sp³-hybridized carbons (Fsp3) is 0.118. The SMILES string of the molecule is Cc1ccc(NC(=O)C(=O)N/N=C\c2cc3c(cc2[N+](=O)[O-])OCO3)cc1. The van der Waals surface area contributed by atoms with Gasteiger partial charge in [-0.05, 0) is 25.1 Å². The van der Waals surface area contributed by atoms with E-state index in [1.807, 2.05) is 12.3 Å². The van der Waals surface area contributed by atoms with Crippen LogP contribution in [0.5, 0.6) is 11.5 Å². The Morgan fingerprint density at radius 1 is 1.15 bits per heavy atom. The second-order valence-electron chi connectivity index (χ2n) is 5.54. The number of fused-ring (bicyclic) bond motifs is 1. The van der Waals surface area contributed by atoms with Gasteiger partial charge in [0.2, 0.25) is 6.79 Å². The van der Waals surface area contributed by atoms with Crippen molar-refractivity contribution >= 4 is 29.4 Å². The van der Waals surface area contributed by atoms with E-state index in [9.17, 15) is 19.7 Å².